The van der Waals surface area contributed by atoms with E-state index in [0.717, 1.165) is 30.3 Å². The van der Waals surface area contributed by atoms with E-state index in [1.807, 2.05) is 32.0 Å². The van der Waals surface area contributed by atoms with E-state index in [9.17, 15) is 4.79 Å². The lowest BCUT2D eigenvalue weighted by Crippen LogP contribution is -2.45. The van der Waals surface area contributed by atoms with Gasteiger partial charge in [0.1, 0.15) is 0 Å². The van der Waals surface area contributed by atoms with Gasteiger partial charge in [-0.15, -0.1) is 0 Å². The highest BCUT2D eigenvalue weighted by molar-refractivity contribution is 5.95. The topological polar surface area (TPSA) is 58.4 Å². The first-order valence-corrected chi connectivity index (χ1v) is 7.92. The molecule has 1 unspecified atom stereocenters. The summed E-state index contributed by atoms with van der Waals surface area (Å²) in [5, 5.41) is 3.01. The van der Waals surface area contributed by atoms with Gasteiger partial charge in [0.05, 0.1) is 6.04 Å². The Morgan fingerprint density at radius 3 is 2.76 bits per heavy atom. The minimum absolute atomic E-state index is 0.0462. The monoisotopic (exact) mass is 289 g/mol. The number of likely N-dealkylation sites (N-methyl/N-ethyl adjacent to an activating group) is 1. The summed E-state index contributed by atoms with van der Waals surface area (Å²) in [5.41, 5.74) is 8.31. The van der Waals surface area contributed by atoms with E-state index in [0.29, 0.717) is 5.69 Å². The van der Waals surface area contributed by atoms with Crippen molar-refractivity contribution in [3.05, 3.63) is 23.8 Å². The van der Waals surface area contributed by atoms with Gasteiger partial charge in [-0.25, -0.2) is 0 Å². The summed E-state index contributed by atoms with van der Waals surface area (Å²) in [7, 11) is 0. The summed E-state index contributed by atoms with van der Waals surface area (Å²) >= 11 is 0. The zero-order valence-corrected chi connectivity index (χ0v) is 13.4. The van der Waals surface area contributed by atoms with Gasteiger partial charge in [-0.3, -0.25) is 9.69 Å². The molecule has 0 spiro atoms. The number of benzene rings is 1. The van der Waals surface area contributed by atoms with E-state index in [-0.39, 0.29) is 11.9 Å². The number of hydrogen-bond donors (Lipinski definition) is 2. The maximum absolute atomic E-state index is 12.5. The summed E-state index contributed by atoms with van der Waals surface area (Å²) < 4.78 is 0. The summed E-state index contributed by atoms with van der Waals surface area (Å²) in [5.74, 6) is 0.819. The number of carbonyl (C=O) groups excluding carboxylic acids is 1. The quantitative estimate of drug-likeness (QED) is 0.791. The molecular weight excluding hydrogens is 262 g/mol. The van der Waals surface area contributed by atoms with Crippen LogP contribution in [0.15, 0.2) is 18.2 Å². The molecule has 0 bridgehead atoms. The van der Waals surface area contributed by atoms with Crippen molar-refractivity contribution in [3.8, 4) is 0 Å². The summed E-state index contributed by atoms with van der Waals surface area (Å²) in [6.45, 7) is 8.01. The number of aryl methyl sites for hydroxylation is 1. The first kappa shape index (κ1) is 15.8. The predicted molar refractivity (Wildman–Crippen MR) is 88.3 cm³/mol. The molecule has 0 aromatic heterocycles. The number of nitrogens with one attached hydrogen (secondary N) is 1. The van der Waals surface area contributed by atoms with Gasteiger partial charge in [0.25, 0.3) is 0 Å². The first-order valence-electron chi connectivity index (χ1n) is 7.92. The van der Waals surface area contributed by atoms with Crippen LogP contribution in [-0.2, 0) is 4.79 Å². The van der Waals surface area contributed by atoms with Crippen LogP contribution in [0.25, 0.3) is 0 Å². The molecule has 2 rings (SSSR count). The van der Waals surface area contributed by atoms with Gasteiger partial charge in [-0.2, -0.15) is 0 Å². The van der Waals surface area contributed by atoms with E-state index in [1.54, 1.807) is 0 Å². The van der Waals surface area contributed by atoms with Crippen molar-refractivity contribution < 1.29 is 4.79 Å². The third-order valence-corrected chi connectivity index (χ3v) is 4.57. The van der Waals surface area contributed by atoms with Crippen molar-refractivity contribution in [2.45, 2.75) is 46.1 Å². The molecule has 0 heterocycles. The molecule has 4 heteroatoms. The average Bonchev–Trinajstić information content (AvgIpc) is 2.41. The largest absolute Gasteiger partial charge is 0.399 e. The number of amides is 1. The van der Waals surface area contributed by atoms with E-state index in [1.165, 1.54) is 19.3 Å². The summed E-state index contributed by atoms with van der Waals surface area (Å²) in [6, 6.07) is 5.49. The van der Waals surface area contributed by atoms with E-state index in [2.05, 4.69) is 17.1 Å². The molecule has 4 nitrogen and oxygen atoms in total. The lowest BCUT2D eigenvalue weighted by molar-refractivity contribution is -0.121. The van der Waals surface area contributed by atoms with Crippen LogP contribution in [0.3, 0.4) is 0 Å². The highest BCUT2D eigenvalue weighted by Crippen LogP contribution is 2.27. The Balaban J connectivity index is 1.98. The maximum Gasteiger partial charge on any atom is 0.241 e. The molecule has 1 aliphatic carbocycles. The van der Waals surface area contributed by atoms with Gasteiger partial charge >= 0.3 is 0 Å². The van der Waals surface area contributed by atoms with Crippen LogP contribution in [0.4, 0.5) is 11.4 Å². The second-order valence-electron chi connectivity index (χ2n) is 6.12. The average molecular weight is 289 g/mol. The van der Waals surface area contributed by atoms with E-state index < -0.39 is 0 Å². The third kappa shape index (κ3) is 3.97. The molecule has 1 aromatic carbocycles. The molecule has 1 atom stereocenters. The van der Waals surface area contributed by atoms with Gasteiger partial charge < -0.3 is 11.1 Å². The molecule has 1 saturated carbocycles. The van der Waals surface area contributed by atoms with Crippen LogP contribution in [-0.4, -0.2) is 29.9 Å². The standard InChI is InChI=1S/C17H27N3O/c1-4-20(11-14-6-5-7-14)13(3)17(21)19-16-10-15(18)9-8-12(16)2/h8-10,13-14H,4-7,11,18H2,1-3H3,(H,19,21). The van der Waals surface area contributed by atoms with Crippen LogP contribution >= 0.6 is 0 Å². The van der Waals surface area contributed by atoms with Gasteiger partial charge in [-0.1, -0.05) is 19.4 Å². The number of nitrogens with zero attached hydrogens (tertiary/aromatic N) is 1. The molecule has 3 N–H and O–H groups in total. The number of nitrogen functional groups attached to an aromatic ring is 1. The predicted octanol–water partition coefficient (Wildman–Crippen LogP) is 3.03. The van der Waals surface area contributed by atoms with Crippen LogP contribution < -0.4 is 11.1 Å². The zero-order chi connectivity index (χ0) is 15.4. The normalized spacial score (nSPS) is 16.6. The molecule has 116 valence electrons. The van der Waals surface area contributed by atoms with Crippen molar-refractivity contribution in [2.75, 3.05) is 24.1 Å². The molecule has 0 saturated heterocycles. The second kappa shape index (κ2) is 6.94. The van der Waals surface area contributed by atoms with Crippen LogP contribution in [0.1, 0.15) is 38.7 Å². The van der Waals surface area contributed by atoms with Crippen molar-refractivity contribution in [1.82, 2.24) is 4.90 Å². The molecule has 1 amide bonds. The van der Waals surface area contributed by atoms with Crippen molar-refractivity contribution in [3.63, 3.8) is 0 Å². The van der Waals surface area contributed by atoms with E-state index in [4.69, 9.17) is 5.73 Å². The smallest absolute Gasteiger partial charge is 0.241 e. The Kier molecular flexibility index (Phi) is 5.23. The minimum atomic E-state index is -0.114. The van der Waals surface area contributed by atoms with Crippen LogP contribution in [0.5, 0.6) is 0 Å². The Morgan fingerprint density at radius 1 is 1.48 bits per heavy atom. The molecule has 1 aromatic rings. The molecular formula is C17H27N3O. The van der Waals surface area contributed by atoms with Crippen molar-refractivity contribution >= 4 is 17.3 Å². The SMILES string of the molecule is CCN(CC1CCC1)C(C)C(=O)Nc1cc(N)ccc1C. The Morgan fingerprint density at radius 2 is 2.19 bits per heavy atom. The van der Waals surface area contributed by atoms with Gasteiger partial charge in [0.15, 0.2) is 0 Å². The van der Waals surface area contributed by atoms with Crippen LogP contribution in [0, 0.1) is 12.8 Å². The number of carbonyl (C=O) groups is 1. The van der Waals surface area contributed by atoms with Crippen molar-refractivity contribution in [2.24, 2.45) is 5.92 Å². The molecule has 1 aliphatic rings. The molecule has 0 aliphatic heterocycles. The Bertz CT molecular complexity index is 497. The van der Waals surface area contributed by atoms with Gasteiger partial charge in [0, 0.05) is 17.9 Å². The number of anilines is 2. The zero-order valence-electron chi connectivity index (χ0n) is 13.4. The van der Waals surface area contributed by atoms with Gasteiger partial charge in [-0.05, 0) is 56.8 Å². The number of rotatable bonds is 6. The van der Waals surface area contributed by atoms with Crippen LogP contribution in [0.2, 0.25) is 0 Å². The maximum atomic E-state index is 12.5. The second-order valence-corrected chi connectivity index (χ2v) is 6.12. The minimum Gasteiger partial charge on any atom is -0.399 e. The Labute approximate surface area is 127 Å². The lowest BCUT2D eigenvalue weighted by atomic mass is 9.85. The number of hydrogen-bond acceptors (Lipinski definition) is 3. The van der Waals surface area contributed by atoms with Gasteiger partial charge in [0.2, 0.25) is 5.91 Å². The molecule has 21 heavy (non-hydrogen) atoms. The third-order valence-electron chi connectivity index (χ3n) is 4.57. The van der Waals surface area contributed by atoms with E-state index >= 15 is 0 Å². The lowest BCUT2D eigenvalue weighted by Gasteiger charge is -2.34. The molecule has 1 fully saturated rings. The highest BCUT2D eigenvalue weighted by Gasteiger charge is 2.26. The summed E-state index contributed by atoms with van der Waals surface area (Å²) in [4.78, 5) is 14.7. The van der Waals surface area contributed by atoms with Crippen molar-refractivity contribution in [1.29, 1.82) is 0 Å². The fraction of sp³-hybridized carbons (Fsp3) is 0.588. The highest BCUT2D eigenvalue weighted by atomic mass is 16.2. The fourth-order valence-corrected chi connectivity index (χ4v) is 2.75. The first-order chi connectivity index (χ1) is 10.0. The number of nitrogens with two attached hydrogens (primary N) is 1. The molecule has 0 radical (unpaired) electrons. The Hall–Kier alpha value is -1.55. The fourth-order valence-electron chi connectivity index (χ4n) is 2.75. The summed E-state index contributed by atoms with van der Waals surface area (Å²) in [6.07, 6.45) is 3.95.